The van der Waals surface area contributed by atoms with Gasteiger partial charge in [0.2, 0.25) is 5.91 Å². The normalized spacial score (nSPS) is 12.5. The minimum Gasteiger partial charge on any atom is -0.356 e. The summed E-state index contributed by atoms with van der Waals surface area (Å²) in [7, 11) is 0. The summed E-state index contributed by atoms with van der Waals surface area (Å²) in [5.41, 5.74) is 2.35. The van der Waals surface area contributed by atoms with Gasteiger partial charge in [0.05, 0.1) is 6.07 Å². The highest BCUT2D eigenvalue weighted by Gasteiger charge is 2.15. The molecule has 1 atom stereocenters. The molecule has 0 heterocycles. The topological polar surface area (TPSA) is 64.9 Å². The number of nitriles is 1. The fraction of sp³-hybridized carbons (Fsp3) is 0.529. The Hall–Kier alpha value is -1.86. The van der Waals surface area contributed by atoms with E-state index in [0.717, 1.165) is 12.0 Å². The van der Waals surface area contributed by atoms with Crippen molar-refractivity contribution in [2.75, 3.05) is 13.1 Å². The van der Waals surface area contributed by atoms with Crippen molar-refractivity contribution >= 4 is 5.91 Å². The molecular formula is C17H25N3O. The zero-order valence-electron chi connectivity index (χ0n) is 13.4. The molecule has 0 spiro atoms. The third-order valence-corrected chi connectivity index (χ3v) is 3.32. The molecule has 1 aromatic rings. The number of rotatable bonds is 6. The first-order valence-electron chi connectivity index (χ1n) is 7.32. The maximum Gasteiger partial charge on any atom is 0.216 e. The summed E-state index contributed by atoms with van der Waals surface area (Å²) < 4.78 is 0. The Bertz CT molecular complexity index is 494. The monoisotopic (exact) mass is 287 g/mol. The fourth-order valence-electron chi connectivity index (χ4n) is 2.01. The molecule has 0 fully saturated rings. The van der Waals surface area contributed by atoms with Gasteiger partial charge in [-0.25, -0.2) is 0 Å². The largest absolute Gasteiger partial charge is 0.356 e. The Morgan fingerprint density at radius 1 is 1.24 bits per heavy atom. The van der Waals surface area contributed by atoms with Gasteiger partial charge in [-0.05, 0) is 29.5 Å². The summed E-state index contributed by atoms with van der Waals surface area (Å²) in [6, 6.07) is 10.2. The smallest absolute Gasteiger partial charge is 0.216 e. The lowest BCUT2D eigenvalue weighted by Crippen LogP contribution is -2.27. The van der Waals surface area contributed by atoms with Crippen LogP contribution < -0.4 is 10.6 Å². The molecule has 0 aliphatic rings. The summed E-state index contributed by atoms with van der Waals surface area (Å²) in [4.78, 5) is 10.7. The van der Waals surface area contributed by atoms with Crippen LogP contribution in [0, 0.1) is 11.3 Å². The Morgan fingerprint density at radius 2 is 1.86 bits per heavy atom. The van der Waals surface area contributed by atoms with Crippen LogP contribution in [-0.4, -0.2) is 19.0 Å². The van der Waals surface area contributed by atoms with E-state index >= 15 is 0 Å². The number of carbonyl (C=O) groups excluding carboxylic acids is 1. The summed E-state index contributed by atoms with van der Waals surface area (Å²) in [6.45, 7) is 9.34. The van der Waals surface area contributed by atoms with Crippen LogP contribution in [-0.2, 0) is 10.2 Å². The van der Waals surface area contributed by atoms with Gasteiger partial charge in [0.1, 0.15) is 6.04 Å². The number of nitrogens with one attached hydrogen (secondary N) is 2. The van der Waals surface area contributed by atoms with Gasteiger partial charge in [0.15, 0.2) is 0 Å². The van der Waals surface area contributed by atoms with E-state index in [4.69, 9.17) is 0 Å². The SMILES string of the molecule is CC(=O)NCCCNC(C#N)c1ccc(C(C)(C)C)cc1. The van der Waals surface area contributed by atoms with Crippen LogP contribution in [0.5, 0.6) is 0 Å². The van der Waals surface area contributed by atoms with E-state index < -0.39 is 0 Å². The molecule has 4 heteroatoms. The molecule has 1 rings (SSSR count). The predicted octanol–water partition coefficient (Wildman–Crippen LogP) is 2.66. The van der Waals surface area contributed by atoms with Crippen LogP contribution in [0.4, 0.5) is 0 Å². The first-order valence-corrected chi connectivity index (χ1v) is 7.32. The Balaban J connectivity index is 2.53. The molecule has 0 saturated heterocycles. The number of hydrogen-bond donors (Lipinski definition) is 2. The molecule has 0 aromatic heterocycles. The van der Waals surface area contributed by atoms with Crippen molar-refractivity contribution in [3.63, 3.8) is 0 Å². The van der Waals surface area contributed by atoms with Gasteiger partial charge in [0, 0.05) is 13.5 Å². The van der Waals surface area contributed by atoms with Gasteiger partial charge in [-0.15, -0.1) is 0 Å². The van der Waals surface area contributed by atoms with Crippen molar-refractivity contribution in [2.24, 2.45) is 0 Å². The minimum absolute atomic E-state index is 0.0235. The molecule has 114 valence electrons. The van der Waals surface area contributed by atoms with Crippen molar-refractivity contribution in [1.82, 2.24) is 10.6 Å². The van der Waals surface area contributed by atoms with Crippen LogP contribution in [0.3, 0.4) is 0 Å². The average molecular weight is 287 g/mol. The fourth-order valence-corrected chi connectivity index (χ4v) is 2.01. The van der Waals surface area contributed by atoms with E-state index in [1.54, 1.807) is 0 Å². The Morgan fingerprint density at radius 3 is 2.33 bits per heavy atom. The second-order valence-corrected chi connectivity index (χ2v) is 6.22. The zero-order valence-corrected chi connectivity index (χ0v) is 13.4. The Kier molecular flexibility index (Phi) is 6.39. The second kappa shape index (κ2) is 7.80. The van der Waals surface area contributed by atoms with Crippen LogP contribution in [0.25, 0.3) is 0 Å². The molecular weight excluding hydrogens is 262 g/mol. The minimum atomic E-state index is -0.309. The van der Waals surface area contributed by atoms with Gasteiger partial charge in [-0.2, -0.15) is 5.26 Å². The van der Waals surface area contributed by atoms with Crippen LogP contribution in [0.15, 0.2) is 24.3 Å². The molecule has 4 nitrogen and oxygen atoms in total. The van der Waals surface area contributed by atoms with E-state index in [2.05, 4.69) is 49.6 Å². The third-order valence-electron chi connectivity index (χ3n) is 3.32. The van der Waals surface area contributed by atoms with Crippen LogP contribution in [0.1, 0.15) is 51.3 Å². The molecule has 1 amide bonds. The van der Waals surface area contributed by atoms with Gasteiger partial charge in [-0.1, -0.05) is 45.0 Å². The van der Waals surface area contributed by atoms with E-state index in [1.165, 1.54) is 12.5 Å². The van der Waals surface area contributed by atoms with Crippen molar-refractivity contribution < 1.29 is 4.79 Å². The highest BCUT2D eigenvalue weighted by molar-refractivity contribution is 5.72. The summed E-state index contributed by atoms with van der Waals surface area (Å²) in [6.07, 6.45) is 0.803. The first kappa shape index (κ1) is 17.2. The molecule has 0 radical (unpaired) electrons. The van der Waals surface area contributed by atoms with Crippen molar-refractivity contribution in [3.8, 4) is 6.07 Å². The number of amides is 1. The number of hydrogen-bond acceptors (Lipinski definition) is 3. The summed E-state index contributed by atoms with van der Waals surface area (Å²) >= 11 is 0. The van der Waals surface area contributed by atoms with E-state index in [-0.39, 0.29) is 17.4 Å². The van der Waals surface area contributed by atoms with Crippen molar-refractivity contribution in [1.29, 1.82) is 5.26 Å². The third kappa shape index (κ3) is 5.97. The maximum absolute atomic E-state index is 10.7. The number of benzene rings is 1. The number of carbonyl (C=O) groups is 1. The highest BCUT2D eigenvalue weighted by atomic mass is 16.1. The molecule has 2 N–H and O–H groups in total. The highest BCUT2D eigenvalue weighted by Crippen LogP contribution is 2.23. The molecule has 1 aromatic carbocycles. The lowest BCUT2D eigenvalue weighted by Gasteiger charge is -2.20. The standard InChI is InChI=1S/C17H25N3O/c1-13(21)19-10-5-11-20-16(12-18)14-6-8-15(9-7-14)17(2,3)4/h6-9,16,20H,5,10-11H2,1-4H3,(H,19,21). The van der Waals surface area contributed by atoms with Gasteiger partial charge in [0.25, 0.3) is 0 Å². The zero-order chi connectivity index (χ0) is 15.9. The molecule has 0 saturated carbocycles. The Labute approximate surface area is 127 Å². The second-order valence-electron chi connectivity index (χ2n) is 6.22. The lowest BCUT2D eigenvalue weighted by molar-refractivity contribution is -0.118. The first-order chi connectivity index (χ1) is 9.84. The quantitative estimate of drug-likeness (QED) is 0.791. The van der Waals surface area contributed by atoms with Crippen molar-refractivity contribution in [2.45, 2.75) is 45.6 Å². The van der Waals surface area contributed by atoms with E-state index in [0.29, 0.717) is 13.1 Å². The molecule has 21 heavy (non-hydrogen) atoms. The van der Waals surface area contributed by atoms with Crippen LogP contribution >= 0.6 is 0 Å². The van der Waals surface area contributed by atoms with Gasteiger partial charge in [-0.3, -0.25) is 10.1 Å². The van der Waals surface area contributed by atoms with E-state index in [1.807, 2.05) is 12.1 Å². The van der Waals surface area contributed by atoms with E-state index in [9.17, 15) is 10.1 Å². The predicted molar refractivity (Wildman–Crippen MR) is 84.8 cm³/mol. The average Bonchev–Trinajstić information content (AvgIpc) is 2.42. The molecule has 0 bridgehead atoms. The number of nitrogens with zero attached hydrogens (tertiary/aromatic N) is 1. The van der Waals surface area contributed by atoms with Crippen LogP contribution in [0.2, 0.25) is 0 Å². The van der Waals surface area contributed by atoms with Crippen molar-refractivity contribution in [3.05, 3.63) is 35.4 Å². The lowest BCUT2D eigenvalue weighted by atomic mass is 9.86. The summed E-state index contributed by atoms with van der Waals surface area (Å²) in [5, 5.41) is 15.2. The summed E-state index contributed by atoms with van der Waals surface area (Å²) in [5.74, 6) is -0.0235. The molecule has 0 aliphatic carbocycles. The molecule has 0 aliphatic heterocycles. The maximum atomic E-state index is 10.7. The van der Waals surface area contributed by atoms with Gasteiger partial charge < -0.3 is 5.32 Å². The van der Waals surface area contributed by atoms with Gasteiger partial charge >= 0.3 is 0 Å². The molecule has 1 unspecified atom stereocenters.